The smallest absolute Gasteiger partial charge is 0.336 e. The minimum atomic E-state index is -0.951. The van der Waals surface area contributed by atoms with E-state index in [0.717, 1.165) is 109 Å². The van der Waals surface area contributed by atoms with Crippen molar-refractivity contribution in [3.05, 3.63) is 58.7 Å². The standard InChI is InChI=1S/C40H56N2O4/c1-5-9-22-41(23-10-6-2)26-14-18-30-31(19-15-27-42(24-11-7-3)25-12-8-4)38(40(45)46)34-17-13-16-32-35-28-29(39(43)44)20-21-33(35)36(30)37(32)34/h13,16-17,20-21,28H,5-12,14-15,18-19,22-27H2,1-4H3,(H,43,44)(H,45,46). The predicted molar refractivity (Wildman–Crippen MR) is 191 cm³/mol. The average Bonchev–Trinajstić information content (AvgIpc) is 3.38. The van der Waals surface area contributed by atoms with Crippen LogP contribution in [0.25, 0.3) is 33.0 Å². The van der Waals surface area contributed by atoms with Gasteiger partial charge in [0.15, 0.2) is 0 Å². The van der Waals surface area contributed by atoms with E-state index < -0.39 is 11.9 Å². The molecule has 6 nitrogen and oxygen atoms in total. The maximum absolute atomic E-state index is 13.1. The minimum Gasteiger partial charge on any atom is -0.478 e. The quantitative estimate of drug-likeness (QED) is 0.0902. The van der Waals surface area contributed by atoms with Gasteiger partial charge in [0.1, 0.15) is 0 Å². The fourth-order valence-corrected chi connectivity index (χ4v) is 7.24. The van der Waals surface area contributed by atoms with Gasteiger partial charge in [-0.2, -0.15) is 0 Å². The SMILES string of the molecule is CCCCN(CCCC)CCCc1c(CCCN(CCCC)CCCC)c2c3c(cccc3c1C(=O)O)-c1cc(C(=O)O)ccc1-2. The Balaban J connectivity index is 1.79. The van der Waals surface area contributed by atoms with Crippen molar-refractivity contribution < 1.29 is 19.8 Å². The Morgan fingerprint density at radius 3 is 1.61 bits per heavy atom. The monoisotopic (exact) mass is 628 g/mol. The molecule has 1 aliphatic rings. The van der Waals surface area contributed by atoms with Gasteiger partial charge in [0.2, 0.25) is 0 Å². The molecule has 0 radical (unpaired) electrons. The molecule has 0 saturated carbocycles. The van der Waals surface area contributed by atoms with E-state index in [4.69, 9.17) is 0 Å². The van der Waals surface area contributed by atoms with Crippen LogP contribution in [0, 0.1) is 0 Å². The zero-order valence-corrected chi connectivity index (χ0v) is 28.8. The van der Waals surface area contributed by atoms with E-state index >= 15 is 0 Å². The molecule has 4 rings (SSSR count). The first-order valence-corrected chi connectivity index (χ1v) is 18.0. The topological polar surface area (TPSA) is 81.1 Å². The van der Waals surface area contributed by atoms with Crippen molar-refractivity contribution >= 4 is 22.7 Å². The third kappa shape index (κ3) is 8.38. The molecule has 1 aliphatic carbocycles. The normalized spacial score (nSPS) is 12.0. The van der Waals surface area contributed by atoms with Gasteiger partial charge in [-0.15, -0.1) is 0 Å². The third-order valence-corrected chi connectivity index (χ3v) is 9.71. The predicted octanol–water partition coefficient (Wildman–Crippen LogP) is 9.55. The highest BCUT2D eigenvalue weighted by molar-refractivity contribution is 6.21. The van der Waals surface area contributed by atoms with Crippen LogP contribution in [0.3, 0.4) is 0 Å². The van der Waals surface area contributed by atoms with Crippen molar-refractivity contribution in [2.24, 2.45) is 0 Å². The Hall–Kier alpha value is -3.22. The molecule has 46 heavy (non-hydrogen) atoms. The third-order valence-electron chi connectivity index (χ3n) is 9.71. The van der Waals surface area contributed by atoms with Crippen molar-refractivity contribution in [3.63, 3.8) is 0 Å². The van der Waals surface area contributed by atoms with Gasteiger partial charge in [-0.1, -0.05) is 77.6 Å². The molecule has 0 unspecified atom stereocenters. The van der Waals surface area contributed by atoms with Crippen molar-refractivity contribution in [1.29, 1.82) is 0 Å². The van der Waals surface area contributed by atoms with Gasteiger partial charge in [0.25, 0.3) is 0 Å². The highest BCUT2D eigenvalue weighted by Gasteiger charge is 2.31. The first kappa shape index (κ1) is 35.6. The number of carbonyl (C=O) groups is 2. The van der Waals surface area contributed by atoms with Crippen LogP contribution in [0.15, 0.2) is 36.4 Å². The van der Waals surface area contributed by atoms with E-state index in [1.807, 2.05) is 24.3 Å². The van der Waals surface area contributed by atoms with Crippen LogP contribution in [0.1, 0.15) is 124 Å². The molecule has 250 valence electrons. The molecular formula is C40H56N2O4. The summed E-state index contributed by atoms with van der Waals surface area (Å²) in [6.07, 6.45) is 12.8. The molecule has 0 atom stereocenters. The Labute approximate surface area is 276 Å². The van der Waals surface area contributed by atoms with Crippen molar-refractivity contribution in [3.8, 4) is 22.3 Å². The number of hydrogen-bond donors (Lipinski definition) is 2. The Morgan fingerprint density at radius 1 is 0.587 bits per heavy atom. The maximum Gasteiger partial charge on any atom is 0.336 e. The van der Waals surface area contributed by atoms with Crippen LogP contribution in [0.4, 0.5) is 0 Å². The molecule has 0 aromatic heterocycles. The van der Waals surface area contributed by atoms with Gasteiger partial charge >= 0.3 is 11.9 Å². The van der Waals surface area contributed by atoms with E-state index in [2.05, 4.69) is 37.5 Å². The molecule has 0 amide bonds. The first-order valence-electron chi connectivity index (χ1n) is 18.0. The van der Waals surface area contributed by atoms with Gasteiger partial charge in [0, 0.05) is 0 Å². The van der Waals surface area contributed by atoms with Crippen LogP contribution < -0.4 is 0 Å². The second kappa shape index (κ2) is 17.6. The largest absolute Gasteiger partial charge is 0.478 e. The van der Waals surface area contributed by atoms with Crippen LogP contribution in [0.5, 0.6) is 0 Å². The van der Waals surface area contributed by atoms with Crippen LogP contribution in [-0.2, 0) is 12.8 Å². The molecule has 0 fully saturated rings. The zero-order valence-electron chi connectivity index (χ0n) is 28.8. The summed E-state index contributed by atoms with van der Waals surface area (Å²) in [6, 6.07) is 11.3. The highest BCUT2D eigenvalue weighted by Crippen LogP contribution is 2.51. The lowest BCUT2D eigenvalue weighted by Crippen LogP contribution is -2.28. The van der Waals surface area contributed by atoms with Gasteiger partial charge in [-0.25, -0.2) is 9.59 Å². The summed E-state index contributed by atoms with van der Waals surface area (Å²) >= 11 is 0. The van der Waals surface area contributed by atoms with E-state index in [0.29, 0.717) is 5.56 Å². The number of carboxylic acid groups (broad SMARTS) is 2. The number of hydrogen-bond acceptors (Lipinski definition) is 4. The second-order valence-corrected chi connectivity index (χ2v) is 13.1. The summed E-state index contributed by atoms with van der Waals surface area (Å²) in [5.74, 6) is -1.82. The number of carboxylic acids is 2. The number of unbranched alkanes of at least 4 members (excludes halogenated alkanes) is 4. The summed E-state index contributed by atoms with van der Waals surface area (Å²) < 4.78 is 0. The number of benzene rings is 3. The van der Waals surface area contributed by atoms with Crippen molar-refractivity contribution in [2.45, 2.75) is 105 Å². The van der Waals surface area contributed by atoms with E-state index in [1.165, 1.54) is 51.4 Å². The molecule has 0 bridgehead atoms. The van der Waals surface area contributed by atoms with Gasteiger partial charge in [0.05, 0.1) is 11.1 Å². The summed E-state index contributed by atoms with van der Waals surface area (Å²) in [7, 11) is 0. The summed E-state index contributed by atoms with van der Waals surface area (Å²) in [5, 5.41) is 22.3. The minimum absolute atomic E-state index is 0.255. The Morgan fingerprint density at radius 2 is 1.11 bits per heavy atom. The van der Waals surface area contributed by atoms with Gasteiger partial charge in [-0.3, -0.25) is 0 Å². The Bertz CT molecular complexity index is 1460. The molecular weight excluding hydrogens is 572 g/mol. The molecule has 0 saturated heterocycles. The van der Waals surface area contributed by atoms with Crippen LogP contribution in [-0.4, -0.2) is 71.2 Å². The van der Waals surface area contributed by atoms with E-state index in [9.17, 15) is 19.8 Å². The fraction of sp³-hybridized carbons (Fsp3) is 0.550. The number of aromatic carboxylic acids is 2. The summed E-state index contributed by atoms with van der Waals surface area (Å²) in [5.41, 5.74) is 6.81. The molecule has 3 aromatic rings. The number of nitrogens with zero attached hydrogens (tertiary/aromatic N) is 2. The number of fused-ring (bicyclic) bond motifs is 3. The lowest BCUT2D eigenvalue weighted by Gasteiger charge is -2.25. The summed E-state index contributed by atoms with van der Waals surface area (Å²) in [6.45, 7) is 15.3. The van der Waals surface area contributed by atoms with Crippen LogP contribution >= 0.6 is 0 Å². The van der Waals surface area contributed by atoms with Crippen LogP contribution in [0.2, 0.25) is 0 Å². The highest BCUT2D eigenvalue weighted by atomic mass is 16.4. The first-order chi connectivity index (χ1) is 22.4. The van der Waals surface area contributed by atoms with Crippen molar-refractivity contribution in [2.75, 3.05) is 39.3 Å². The van der Waals surface area contributed by atoms with Crippen molar-refractivity contribution in [1.82, 2.24) is 9.80 Å². The Kier molecular flexibility index (Phi) is 13.7. The maximum atomic E-state index is 13.1. The van der Waals surface area contributed by atoms with Gasteiger partial charge in [-0.05, 0) is 147 Å². The molecule has 0 aliphatic heterocycles. The summed E-state index contributed by atoms with van der Waals surface area (Å²) in [4.78, 5) is 30.3. The number of rotatable bonds is 22. The fourth-order valence-electron chi connectivity index (χ4n) is 7.24. The molecule has 0 spiro atoms. The molecule has 0 heterocycles. The lowest BCUT2D eigenvalue weighted by molar-refractivity contribution is 0.0686. The lowest BCUT2D eigenvalue weighted by atomic mass is 9.84. The van der Waals surface area contributed by atoms with E-state index in [-0.39, 0.29) is 5.56 Å². The average molecular weight is 629 g/mol. The molecule has 6 heteroatoms. The van der Waals surface area contributed by atoms with Gasteiger partial charge < -0.3 is 20.0 Å². The molecule has 2 N–H and O–H groups in total. The molecule has 3 aromatic carbocycles. The zero-order chi connectivity index (χ0) is 33.1. The van der Waals surface area contributed by atoms with E-state index in [1.54, 1.807) is 12.1 Å². The second-order valence-electron chi connectivity index (χ2n) is 13.1.